The van der Waals surface area contributed by atoms with Gasteiger partial charge in [0, 0.05) is 5.56 Å². The van der Waals surface area contributed by atoms with E-state index in [4.69, 9.17) is 0 Å². The summed E-state index contributed by atoms with van der Waals surface area (Å²) in [6.07, 6.45) is 0. The Morgan fingerprint density at radius 1 is 0.650 bits per heavy atom. The molecule has 0 N–H and O–H groups in total. The number of fused-ring (bicyclic) bond motifs is 1. The maximum absolute atomic E-state index is 13.6. The van der Waals surface area contributed by atoms with Crippen molar-refractivity contribution in [2.75, 3.05) is 0 Å². The van der Waals surface area contributed by atoms with Gasteiger partial charge in [0.1, 0.15) is 17.5 Å². The largest absolute Gasteiger partial charge is 0.207 e. The van der Waals surface area contributed by atoms with Gasteiger partial charge in [-0.15, -0.1) is 0 Å². The molecule has 0 saturated heterocycles. The van der Waals surface area contributed by atoms with E-state index < -0.39 is 11.6 Å². The molecule has 0 heterocycles. The number of hydrogen-bond acceptors (Lipinski definition) is 0. The Morgan fingerprint density at radius 2 is 1.25 bits per heavy atom. The Kier molecular flexibility index (Phi) is 2.97. The maximum Gasteiger partial charge on any atom is 0.129 e. The minimum absolute atomic E-state index is 0.0108. The van der Waals surface area contributed by atoms with E-state index in [0.29, 0.717) is 11.1 Å². The van der Waals surface area contributed by atoms with Crippen LogP contribution in [0.25, 0.3) is 21.9 Å². The van der Waals surface area contributed by atoms with Crippen LogP contribution in [-0.2, 0) is 0 Å². The van der Waals surface area contributed by atoms with E-state index in [-0.39, 0.29) is 11.4 Å². The first-order chi connectivity index (χ1) is 9.54. The molecule has 0 unspecified atom stereocenters. The van der Waals surface area contributed by atoms with Crippen LogP contribution in [0, 0.1) is 24.4 Å². The molecule has 0 aliphatic heterocycles. The summed E-state index contributed by atoms with van der Waals surface area (Å²) in [5.74, 6) is -1.45. The van der Waals surface area contributed by atoms with Gasteiger partial charge < -0.3 is 0 Å². The predicted octanol–water partition coefficient (Wildman–Crippen LogP) is 5.23. The zero-order chi connectivity index (χ0) is 14.3. The van der Waals surface area contributed by atoms with E-state index in [1.807, 2.05) is 0 Å². The van der Waals surface area contributed by atoms with Crippen LogP contribution in [0.4, 0.5) is 13.2 Å². The van der Waals surface area contributed by atoms with E-state index in [9.17, 15) is 13.2 Å². The van der Waals surface area contributed by atoms with Crippen LogP contribution in [0.15, 0.2) is 48.5 Å². The third-order valence-electron chi connectivity index (χ3n) is 3.42. The molecule has 0 aliphatic rings. The Balaban J connectivity index is 2.17. The van der Waals surface area contributed by atoms with Crippen molar-refractivity contribution in [1.82, 2.24) is 0 Å². The lowest BCUT2D eigenvalue weighted by molar-refractivity contribution is 0.569. The van der Waals surface area contributed by atoms with Gasteiger partial charge >= 0.3 is 0 Å². The topological polar surface area (TPSA) is 0 Å². The predicted molar refractivity (Wildman–Crippen MR) is 74.0 cm³/mol. The summed E-state index contributed by atoms with van der Waals surface area (Å²) in [4.78, 5) is 0. The number of rotatable bonds is 1. The average Bonchev–Trinajstić information content (AvgIpc) is 2.43. The normalized spacial score (nSPS) is 11.0. The second-order valence-corrected chi connectivity index (χ2v) is 4.77. The van der Waals surface area contributed by atoms with Crippen molar-refractivity contribution in [2.45, 2.75) is 6.92 Å². The van der Waals surface area contributed by atoms with Gasteiger partial charge in [-0.05, 0) is 59.2 Å². The zero-order valence-electron chi connectivity index (χ0n) is 10.8. The summed E-state index contributed by atoms with van der Waals surface area (Å²) in [5.41, 5.74) is 1.18. The van der Waals surface area contributed by atoms with Crippen molar-refractivity contribution in [3.8, 4) is 11.1 Å². The van der Waals surface area contributed by atoms with Gasteiger partial charge in [-0.2, -0.15) is 0 Å². The molecule has 0 amide bonds. The molecule has 0 nitrogen and oxygen atoms in total. The van der Waals surface area contributed by atoms with Crippen molar-refractivity contribution in [3.05, 3.63) is 71.5 Å². The second-order valence-electron chi connectivity index (χ2n) is 4.77. The Labute approximate surface area is 114 Å². The Hall–Kier alpha value is -2.29. The lowest BCUT2D eigenvalue weighted by Crippen LogP contribution is -1.90. The SMILES string of the molecule is Cc1c(F)cc(-c2ccc3cc(F)ccc3c2)cc1F. The van der Waals surface area contributed by atoms with Gasteiger partial charge in [-0.25, -0.2) is 13.2 Å². The van der Waals surface area contributed by atoms with Crippen LogP contribution in [0.5, 0.6) is 0 Å². The highest BCUT2D eigenvalue weighted by Crippen LogP contribution is 2.27. The highest BCUT2D eigenvalue weighted by atomic mass is 19.1. The fourth-order valence-electron chi connectivity index (χ4n) is 2.21. The van der Waals surface area contributed by atoms with Crippen LogP contribution < -0.4 is 0 Å². The van der Waals surface area contributed by atoms with Gasteiger partial charge in [0.05, 0.1) is 0 Å². The first-order valence-corrected chi connectivity index (χ1v) is 6.20. The summed E-state index contributed by atoms with van der Waals surface area (Å²) >= 11 is 0. The van der Waals surface area contributed by atoms with E-state index >= 15 is 0 Å². The summed E-state index contributed by atoms with van der Waals surface area (Å²) in [7, 11) is 0. The lowest BCUT2D eigenvalue weighted by atomic mass is 10.00. The fraction of sp³-hybridized carbons (Fsp3) is 0.0588. The van der Waals surface area contributed by atoms with Gasteiger partial charge in [0.2, 0.25) is 0 Å². The Morgan fingerprint density at radius 3 is 1.95 bits per heavy atom. The van der Waals surface area contributed by atoms with E-state index in [1.54, 1.807) is 24.3 Å². The van der Waals surface area contributed by atoms with Gasteiger partial charge in [-0.1, -0.05) is 18.2 Å². The molecule has 3 heteroatoms. The van der Waals surface area contributed by atoms with Crippen molar-refractivity contribution >= 4 is 10.8 Å². The molecule has 0 aliphatic carbocycles. The van der Waals surface area contributed by atoms with Crippen molar-refractivity contribution in [3.63, 3.8) is 0 Å². The highest BCUT2D eigenvalue weighted by molar-refractivity contribution is 5.87. The smallest absolute Gasteiger partial charge is 0.129 e. The molecule has 0 atom stereocenters. The quantitative estimate of drug-likeness (QED) is 0.568. The summed E-state index contributed by atoms with van der Waals surface area (Å²) in [5, 5.41) is 1.58. The first-order valence-electron chi connectivity index (χ1n) is 6.20. The van der Waals surface area contributed by atoms with Crippen LogP contribution in [-0.4, -0.2) is 0 Å². The molecular formula is C17H11F3. The molecule has 0 radical (unpaired) electrons. The molecule has 0 spiro atoms. The van der Waals surface area contributed by atoms with Crippen molar-refractivity contribution < 1.29 is 13.2 Å². The van der Waals surface area contributed by atoms with Crippen LogP contribution in [0.3, 0.4) is 0 Å². The van der Waals surface area contributed by atoms with E-state index in [2.05, 4.69) is 0 Å². The average molecular weight is 272 g/mol. The molecule has 20 heavy (non-hydrogen) atoms. The van der Waals surface area contributed by atoms with Crippen molar-refractivity contribution in [1.29, 1.82) is 0 Å². The highest BCUT2D eigenvalue weighted by Gasteiger charge is 2.08. The van der Waals surface area contributed by atoms with E-state index in [1.165, 1.54) is 31.2 Å². The number of hydrogen-bond donors (Lipinski definition) is 0. The minimum Gasteiger partial charge on any atom is -0.207 e. The summed E-state index contributed by atoms with van der Waals surface area (Å²) in [6.45, 7) is 1.40. The van der Waals surface area contributed by atoms with Gasteiger partial charge in [0.25, 0.3) is 0 Å². The molecule has 3 aromatic carbocycles. The number of benzene rings is 3. The molecule has 100 valence electrons. The van der Waals surface area contributed by atoms with Gasteiger partial charge in [-0.3, -0.25) is 0 Å². The molecule has 3 aromatic rings. The standard InChI is InChI=1S/C17H11F3/c1-10-16(19)8-14(9-17(10)20)12-2-3-13-7-15(18)5-4-11(13)6-12/h2-9H,1H3. The molecular weight excluding hydrogens is 261 g/mol. The third kappa shape index (κ3) is 2.16. The van der Waals surface area contributed by atoms with Crippen molar-refractivity contribution in [2.24, 2.45) is 0 Å². The molecule has 3 rings (SSSR count). The second kappa shape index (κ2) is 4.67. The zero-order valence-corrected chi connectivity index (χ0v) is 10.8. The van der Waals surface area contributed by atoms with Gasteiger partial charge in [0.15, 0.2) is 0 Å². The summed E-state index contributed by atoms with van der Waals surface area (Å²) < 4.78 is 40.3. The maximum atomic E-state index is 13.6. The fourth-order valence-corrected chi connectivity index (χ4v) is 2.21. The molecule has 0 aromatic heterocycles. The van der Waals surface area contributed by atoms with Crippen LogP contribution in [0.2, 0.25) is 0 Å². The van der Waals surface area contributed by atoms with E-state index in [0.717, 1.165) is 10.8 Å². The molecule has 0 saturated carbocycles. The van der Waals surface area contributed by atoms with Crippen LogP contribution >= 0.6 is 0 Å². The Bertz CT molecular complexity index is 783. The van der Waals surface area contributed by atoms with Crippen LogP contribution in [0.1, 0.15) is 5.56 Å². The summed E-state index contributed by atoms with van der Waals surface area (Å²) in [6, 6.07) is 12.3. The molecule has 0 fully saturated rings. The third-order valence-corrected chi connectivity index (χ3v) is 3.42. The number of halogens is 3. The first kappa shape index (κ1) is 12.7. The monoisotopic (exact) mass is 272 g/mol. The lowest BCUT2D eigenvalue weighted by Gasteiger charge is -2.07. The molecule has 0 bridgehead atoms. The minimum atomic E-state index is -0.570.